The van der Waals surface area contributed by atoms with Crippen molar-refractivity contribution in [1.29, 1.82) is 0 Å². The number of hydrogen-bond donors (Lipinski definition) is 3. The summed E-state index contributed by atoms with van der Waals surface area (Å²) in [6, 6.07) is 8.28. The number of nitrogens with zero attached hydrogens (tertiary/aromatic N) is 5. The Labute approximate surface area is 168 Å². The highest BCUT2D eigenvalue weighted by atomic mass is 19.1. The van der Waals surface area contributed by atoms with E-state index >= 15 is 0 Å². The molecule has 3 N–H and O–H groups in total. The van der Waals surface area contributed by atoms with Crippen LogP contribution in [-0.4, -0.2) is 35.3 Å². The minimum atomic E-state index is -0.436. The third kappa shape index (κ3) is 3.21. The van der Waals surface area contributed by atoms with Gasteiger partial charge in [0, 0.05) is 18.3 Å². The molecule has 0 spiro atoms. The highest BCUT2D eigenvalue weighted by Crippen LogP contribution is 2.23. The van der Waals surface area contributed by atoms with E-state index in [0.717, 1.165) is 17.4 Å². The first-order valence-electron chi connectivity index (χ1n) is 9.43. The van der Waals surface area contributed by atoms with Crippen molar-refractivity contribution in [2.45, 2.75) is 18.9 Å². The molecule has 152 valence electrons. The van der Waals surface area contributed by atoms with Gasteiger partial charge in [0.05, 0.1) is 17.9 Å². The first-order valence-corrected chi connectivity index (χ1v) is 9.43. The van der Waals surface area contributed by atoms with Crippen LogP contribution >= 0.6 is 0 Å². The molecule has 3 heterocycles. The highest BCUT2D eigenvalue weighted by molar-refractivity contribution is 5.61. The van der Waals surface area contributed by atoms with E-state index in [2.05, 4.69) is 25.4 Å². The number of para-hydroxylation sites is 1. The lowest BCUT2D eigenvalue weighted by Crippen LogP contribution is -2.20. The number of nitrogens with one attached hydrogen (secondary N) is 2. The van der Waals surface area contributed by atoms with Crippen LogP contribution in [0.3, 0.4) is 0 Å². The topological polar surface area (TPSA) is 113 Å². The van der Waals surface area contributed by atoms with Gasteiger partial charge >= 0.3 is 5.69 Å². The largest absolute Gasteiger partial charge is 0.493 e. The molecule has 1 aliphatic rings. The first kappa shape index (κ1) is 18.1. The molecule has 5 rings (SSSR count). The van der Waals surface area contributed by atoms with Crippen molar-refractivity contribution in [1.82, 2.24) is 24.1 Å². The average molecular weight is 407 g/mol. The molecule has 1 aliphatic carbocycles. The molecular weight excluding hydrogens is 389 g/mol. The summed E-state index contributed by atoms with van der Waals surface area (Å²) in [6.07, 6.45) is 5.18. The SMILES string of the molecule is Cn1c(O)c(/C=c2\cnn3c(=NC4CC4)cc(Nc4ccccc4F)nc23)[nH]c1=O. The molecule has 4 aromatic rings. The molecule has 0 aliphatic heterocycles. The molecule has 0 atom stereocenters. The number of rotatable bonds is 4. The Bertz CT molecular complexity index is 1450. The van der Waals surface area contributed by atoms with Gasteiger partial charge in [0.1, 0.15) is 17.3 Å². The molecule has 0 saturated heterocycles. The van der Waals surface area contributed by atoms with E-state index in [1.807, 2.05) is 0 Å². The fraction of sp³-hybridized carbons (Fsp3) is 0.200. The van der Waals surface area contributed by atoms with Crippen LogP contribution in [0.15, 0.2) is 46.3 Å². The fourth-order valence-corrected chi connectivity index (χ4v) is 3.10. The second-order valence-electron chi connectivity index (χ2n) is 7.17. The number of aromatic nitrogens is 5. The Balaban J connectivity index is 1.70. The van der Waals surface area contributed by atoms with Crippen LogP contribution in [0.1, 0.15) is 18.5 Å². The third-order valence-corrected chi connectivity index (χ3v) is 4.88. The van der Waals surface area contributed by atoms with Crippen molar-refractivity contribution in [3.8, 4) is 5.88 Å². The summed E-state index contributed by atoms with van der Waals surface area (Å²) in [6.45, 7) is 0. The molecule has 1 saturated carbocycles. The Kier molecular flexibility index (Phi) is 4.12. The van der Waals surface area contributed by atoms with Gasteiger partial charge in [-0.15, -0.1) is 0 Å². The number of aromatic amines is 1. The molecule has 1 aromatic carbocycles. The lowest BCUT2D eigenvalue weighted by Gasteiger charge is -2.07. The third-order valence-electron chi connectivity index (χ3n) is 4.88. The minimum Gasteiger partial charge on any atom is -0.493 e. The van der Waals surface area contributed by atoms with Gasteiger partial charge in [-0.3, -0.25) is 9.56 Å². The lowest BCUT2D eigenvalue weighted by molar-refractivity contribution is 0.428. The number of benzene rings is 1. The van der Waals surface area contributed by atoms with Gasteiger partial charge in [-0.05, 0) is 31.1 Å². The maximum atomic E-state index is 14.1. The second-order valence-corrected chi connectivity index (χ2v) is 7.17. The summed E-state index contributed by atoms with van der Waals surface area (Å²) in [7, 11) is 1.46. The second kappa shape index (κ2) is 6.83. The van der Waals surface area contributed by atoms with Gasteiger partial charge in [0.25, 0.3) is 0 Å². The predicted octanol–water partition coefficient (Wildman–Crippen LogP) is 0.955. The van der Waals surface area contributed by atoms with Gasteiger partial charge in [0.15, 0.2) is 11.1 Å². The number of fused-ring (bicyclic) bond motifs is 1. The Hall–Kier alpha value is -3.95. The molecule has 1 fully saturated rings. The van der Waals surface area contributed by atoms with E-state index in [1.165, 1.54) is 13.1 Å². The molecular formula is C20H18FN7O2. The van der Waals surface area contributed by atoms with Crippen molar-refractivity contribution in [2.75, 3.05) is 5.32 Å². The smallest absolute Gasteiger partial charge is 0.328 e. The summed E-state index contributed by atoms with van der Waals surface area (Å²) in [5.41, 5.74) is 1.15. The maximum Gasteiger partial charge on any atom is 0.328 e. The number of aromatic hydroxyl groups is 1. The van der Waals surface area contributed by atoms with Gasteiger partial charge in [-0.2, -0.15) is 9.61 Å². The monoisotopic (exact) mass is 407 g/mol. The van der Waals surface area contributed by atoms with E-state index in [-0.39, 0.29) is 17.6 Å². The Morgan fingerprint density at radius 2 is 2.17 bits per heavy atom. The van der Waals surface area contributed by atoms with E-state index in [4.69, 9.17) is 0 Å². The predicted molar refractivity (Wildman–Crippen MR) is 108 cm³/mol. The lowest BCUT2D eigenvalue weighted by atomic mass is 10.3. The standard InChI is InChI=1S/C20H18FN7O2/c1-27-19(29)15(25-20(27)30)8-11-10-22-28-17(23-12-6-7-12)9-16(26-18(11)28)24-14-5-3-2-4-13(14)21/h2-5,8-10,12,24,29H,6-7H2,1H3,(H,25,30)/b11-8+,23-17?. The number of hydrogen-bond acceptors (Lipinski definition) is 6. The van der Waals surface area contributed by atoms with Crippen LogP contribution in [0.25, 0.3) is 11.7 Å². The summed E-state index contributed by atoms with van der Waals surface area (Å²) < 4.78 is 16.8. The van der Waals surface area contributed by atoms with Crippen LogP contribution in [0.2, 0.25) is 0 Å². The van der Waals surface area contributed by atoms with Crippen LogP contribution in [0, 0.1) is 5.82 Å². The van der Waals surface area contributed by atoms with Crippen LogP contribution in [0.5, 0.6) is 5.88 Å². The summed E-state index contributed by atoms with van der Waals surface area (Å²) in [5.74, 6) is -0.178. The maximum absolute atomic E-state index is 14.1. The zero-order valence-corrected chi connectivity index (χ0v) is 16.0. The number of halogens is 1. The molecule has 0 amide bonds. The molecule has 30 heavy (non-hydrogen) atoms. The van der Waals surface area contributed by atoms with Crippen molar-refractivity contribution in [3.05, 3.63) is 69.2 Å². The summed E-state index contributed by atoms with van der Waals surface area (Å²) in [4.78, 5) is 23.6. The molecule has 10 heteroatoms. The summed E-state index contributed by atoms with van der Waals surface area (Å²) >= 11 is 0. The van der Waals surface area contributed by atoms with E-state index in [0.29, 0.717) is 27.9 Å². The normalized spacial score (nSPS) is 15.3. The molecule has 9 nitrogen and oxygen atoms in total. The van der Waals surface area contributed by atoms with Crippen LogP contribution < -0.4 is 21.7 Å². The van der Waals surface area contributed by atoms with Crippen molar-refractivity contribution >= 4 is 23.2 Å². The number of H-pyrrole nitrogens is 1. The van der Waals surface area contributed by atoms with Crippen molar-refractivity contribution < 1.29 is 9.50 Å². The molecule has 0 radical (unpaired) electrons. The van der Waals surface area contributed by atoms with Gasteiger partial charge < -0.3 is 15.4 Å². The van der Waals surface area contributed by atoms with E-state index in [1.54, 1.807) is 41.1 Å². The molecule has 0 unspecified atom stereocenters. The van der Waals surface area contributed by atoms with E-state index in [9.17, 15) is 14.3 Å². The van der Waals surface area contributed by atoms with Gasteiger partial charge in [-0.1, -0.05) is 12.1 Å². The number of anilines is 2. The van der Waals surface area contributed by atoms with Crippen molar-refractivity contribution in [2.24, 2.45) is 12.0 Å². The minimum absolute atomic E-state index is 0.192. The average Bonchev–Trinajstić information content (AvgIpc) is 3.41. The van der Waals surface area contributed by atoms with Gasteiger partial charge in [-0.25, -0.2) is 14.2 Å². The zero-order valence-electron chi connectivity index (χ0n) is 16.0. The Morgan fingerprint density at radius 3 is 2.87 bits per heavy atom. The van der Waals surface area contributed by atoms with Crippen LogP contribution in [-0.2, 0) is 7.05 Å². The zero-order chi connectivity index (χ0) is 20.8. The van der Waals surface area contributed by atoms with Crippen LogP contribution in [0.4, 0.5) is 15.9 Å². The van der Waals surface area contributed by atoms with Gasteiger partial charge in [0.2, 0.25) is 5.88 Å². The number of imidazole rings is 1. The quantitative estimate of drug-likeness (QED) is 0.466. The summed E-state index contributed by atoms with van der Waals surface area (Å²) in [5, 5.41) is 18.1. The molecule has 0 bridgehead atoms. The highest BCUT2D eigenvalue weighted by Gasteiger charge is 2.20. The van der Waals surface area contributed by atoms with Crippen molar-refractivity contribution in [3.63, 3.8) is 0 Å². The first-order chi connectivity index (χ1) is 14.5. The molecule has 3 aromatic heterocycles. The fourth-order valence-electron chi connectivity index (χ4n) is 3.10. The van der Waals surface area contributed by atoms with E-state index < -0.39 is 11.5 Å². The Morgan fingerprint density at radius 1 is 1.37 bits per heavy atom.